The third-order valence-electron chi connectivity index (χ3n) is 5.27. The summed E-state index contributed by atoms with van der Waals surface area (Å²) >= 11 is 3.42. The summed E-state index contributed by atoms with van der Waals surface area (Å²) in [7, 11) is 0. The molecule has 170 valence electrons. The number of nitrogens with zero attached hydrogens (tertiary/aromatic N) is 2. The van der Waals surface area contributed by atoms with Crippen molar-refractivity contribution in [3.05, 3.63) is 93.7 Å². The van der Waals surface area contributed by atoms with Gasteiger partial charge in [-0.25, -0.2) is 0 Å². The SMILES string of the molecule is CCCCCN(Cc1cccn1Cc1cccc(C(F)(F)F)c1)C(=O)c1cccc(Br)c1. The monoisotopic (exact) mass is 506 g/mol. The van der Waals surface area contributed by atoms with Crippen molar-refractivity contribution in [2.45, 2.75) is 45.5 Å². The predicted octanol–water partition coefficient (Wildman–Crippen LogP) is 7.15. The van der Waals surface area contributed by atoms with E-state index in [1.54, 1.807) is 18.2 Å². The first-order chi connectivity index (χ1) is 15.3. The lowest BCUT2D eigenvalue weighted by Gasteiger charge is -2.24. The molecule has 3 aromatic rings. The molecular formula is C25H26BrF3N2O. The molecule has 0 bridgehead atoms. The van der Waals surface area contributed by atoms with Crippen LogP contribution in [0.15, 0.2) is 71.3 Å². The molecule has 3 rings (SSSR count). The van der Waals surface area contributed by atoms with E-state index in [1.165, 1.54) is 12.1 Å². The van der Waals surface area contributed by atoms with Crippen molar-refractivity contribution in [2.24, 2.45) is 0 Å². The molecular weight excluding hydrogens is 481 g/mol. The van der Waals surface area contributed by atoms with Gasteiger partial charge in [-0.1, -0.05) is 53.9 Å². The average Bonchev–Trinajstić information content (AvgIpc) is 3.18. The van der Waals surface area contributed by atoms with Crippen molar-refractivity contribution in [2.75, 3.05) is 6.54 Å². The molecule has 1 heterocycles. The molecule has 0 spiro atoms. The Hall–Kier alpha value is -2.54. The first-order valence-corrected chi connectivity index (χ1v) is 11.4. The molecule has 7 heteroatoms. The van der Waals surface area contributed by atoms with Crippen molar-refractivity contribution in [1.82, 2.24) is 9.47 Å². The van der Waals surface area contributed by atoms with Gasteiger partial charge in [0.15, 0.2) is 0 Å². The van der Waals surface area contributed by atoms with Crippen LogP contribution in [0.5, 0.6) is 0 Å². The summed E-state index contributed by atoms with van der Waals surface area (Å²) in [6.45, 7) is 3.43. The molecule has 0 saturated carbocycles. The van der Waals surface area contributed by atoms with Gasteiger partial charge in [-0.15, -0.1) is 0 Å². The zero-order valence-corrected chi connectivity index (χ0v) is 19.5. The molecule has 0 unspecified atom stereocenters. The van der Waals surface area contributed by atoms with E-state index >= 15 is 0 Å². The van der Waals surface area contributed by atoms with Crippen LogP contribution >= 0.6 is 15.9 Å². The molecule has 2 aromatic carbocycles. The third-order valence-corrected chi connectivity index (χ3v) is 5.77. The van der Waals surface area contributed by atoms with Crippen molar-refractivity contribution >= 4 is 21.8 Å². The number of hydrogen-bond donors (Lipinski definition) is 0. The van der Waals surface area contributed by atoms with Crippen LogP contribution in [0.3, 0.4) is 0 Å². The number of halogens is 4. The van der Waals surface area contributed by atoms with Gasteiger partial charge in [0.05, 0.1) is 12.1 Å². The van der Waals surface area contributed by atoms with Crippen LogP contribution in [-0.4, -0.2) is 21.9 Å². The predicted molar refractivity (Wildman–Crippen MR) is 123 cm³/mol. The number of aromatic nitrogens is 1. The van der Waals surface area contributed by atoms with Crippen molar-refractivity contribution in [3.8, 4) is 0 Å². The smallest absolute Gasteiger partial charge is 0.345 e. The number of benzene rings is 2. The highest BCUT2D eigenvalue weighted by Crippen LogP contribution is 2.29. The van der Waals surface area contributed by atoms with Gasteiger partial charge in [-0.05, 0) is 54.4 Å². The molecule has 3 nitrogen and oxygen atoms in total. The second-order valence-electron chi connectivity index (χ2n) is 7.77. The second kappa shape index (κ2) is 10.9. The van der Waals surface area contributed by atoms with E-state index in [2.05, 4.69) is 22.9 Å². The van der Waals surface area contributed by atoms with Gasteiger partial charge in [0.1, 0.15) is 0 Å². The van der Waals surface area contributed by atoms with Gasteiger partial charge < -0.3 is 9.47 Å². The molecule has 0 radical (unpaired) electrons. The third kappa shape index (κ3) is 6.48. The Morgan fingerprint density at radius 3 is 2.53 bits per heavy atom. The molecule has 1 amide bonds. The maximum atomic E-state index is 13.2. The Morgan fingerprint density at radius 2 is 1.81 bits per heavy atom. The van der Waals surface area contributed by atoms with E-state index in [0.29, 0.717) is 30.8 Å². The van der Waals surface area contributed by atoms with Gasteiger partial charge in [0.2, 0.25) is 0 Å². The number of carbonyl (C=O) groups excluding carboxylic acids is 1. The highest BCUT2D eigenvalue weighted by Gasteiger charge is 2.30. The molecule has 0 N–H and O–H groups in total. The summed E-state index contributed by atoms with van der Waals surface area (Å²) in [5, 5.41) is 0. The minimum atomic E-state index is -4.37. The summed E-state index contributed by atoms with van der Waals surface area (Å²) in [5.41, 5.74) is 1.39. The highest BCUT2D eigenvalue weighted by molar-refractivity contribution is 9.10. The highest BCUT2D eigenvalue weighted by atomic mass is 79.9. The van der Waals surface area contributed by atoms with Gasteiger partial charge in [-0.2, -0.15) is 13.2 Å². The number of rotatable bonds is 9. The first-order valence-electron chi connectivity index (χ1n) is 10.6. The van der Waals surface area contributed by atoms with Crippen LogP contribution in [0.1, 0.15) is 53.4 Å². The van der Waals surface area contributed by atoms with E-state index in [1.807, 2.05) is 39.9 Å². The minimum absolute atomic E-state index is 0.0609. The Bertz CT molecular complexity index is 1050. The van der Waals surface area contributed by atoms with Crippen LogP contribution in [-0.2, 0) is 19.3 Å². The Balaban J connectivity index is 1.80. The molecule has 0 aliphatic carbocycles. The zero-order chi connectivity index (χ0) is 23.1. The quantitative estimate of drug-likeness (QED) is 0.283. The fourth-order valence-corrected chi connectivity index (χ4v) is 3.99. The second-order valence-corrected chi connectivity index (χ2v) is 8.69. The zero-order valence-electron chi connectivity index (χ0n) is 17.9. The van der Waals surface area contributed by atoms with Gasteiger partial charge in [-0.3, -0.25) is 4.79 Å². The number of carbonyl (C=O) groups is 1. The van der Waals surface area contributed by atoms with E-state index in [0.717, 1.165) is 35.5 Å². The van der Waals surface area contributed by atoms with Crippen molar-refractivity contribution < 1.29 is 18.0 Å². The lowest BCUT2D eigenvalue weighted by molar-refractivity contribution is -0.137. The van der Waals surface area contributed by atoms with Crippen LogP contribution in [0.4, 0.5) is 13.2 Å². The lowest BCUT2D eigenvalue weighted by atomic mass is 10.1. The maximum absolute atomic E-state index is 13.2. The maximum Gasteiger partial charge on any atom is 0.416 e. The van der Waals surface area contributed by atoms with Crippen LogP contribution in [0.25, 0.3) is 0 Å². The Kier molecular flexibility index (Phi) is 8.18. The fraction of sp³-hybridized carbons (Fsp3) is 0.320. The van der Waals surface area contributed by atoms with E-state index in [-0.39, 0.29) is 5.91 Å². The van der Waals surface area contributed by atoms with E-state index < -0.39 is 11.7 Å². The van der Waals surface area contributed by atoms with Crippen molar-refractivity contribution in [1.29, 1.82) is 0 Å². The number of hydrogen-bond acceptors (Lipinski definition) is 1. The minimum Gasteiger partial charge on any atom is -0.345 e. The summed E-state index contributed by atoms with van der Waals surface area (Å²) < 4.78 is 41.9. The van der Waals surface area contributed by atoms with Gasteiger partial charge in [0.25, 0.3) is 5.91 Å². The number of amides is 1. The molecule has 0 saturated heterocycles. The molecule has 0 aliphatic heterocycles. The molecule has 0 fully saturated rings. The Morgan fingerprint density at radius 1 is 1.03 bits per heavy atom. The van der Waals surface area contributed by atoms with Crippen LogP contribution < -0.4 is 0 Å². The molecule has 1 aromatic heterocycles. The average molecular weight is 507 g/mol. The standard InChI is InChI=1S/C25H26BrF3N2O/c1-2-3-4-13-31(24(32)20-9-6-11-22(26)16-20)18-23-12-7-14-30(23)17-19-8-5-10-21(15-19)25(27,28)29/h5-12,14-16H,2-4,13,17-18H2,1H3. The summed E-state index contributed by atoms with van der Waals surface area (Å²) in [6.07, 6.45) is 0.425. The number of alkyl halides is 3. The Labute approximate surface area is 195 Å². The molecule has 0 atom stereocenters. The number of unbranched alkanes of at least 4 members (excludes halogenated alkanes) is 2. The summed E-state index contributed by atoms with van der Waals surface area (Å²) in [4.78, 5) is 15.0. The lowest BCUT2D eigenvalue weighted by Crippen LogP contribution is -2.32. The van der Waals surface area contributed by atoms with Gasteiger partial charge >= 0.3 is 6.18 Å². The molecule has 32 heavy (non-hydrogen) atoms. The molecule has 0 aliphatic rings. The van der Waals surface area contributed by atoms with Crippen LogP contribution in [0.2, 0.25) is 0 Å². The fourth-order valence-electron chi connectivity index (χ4n) is 3.59. The topological polar surface area (TPSA) is 25.2 Å². The summed E-state index contributed by atoms with van der Waals surface area (Å²) in [6, 6.07) is 16.4. The van der Waals surface area contributed by atoms with Crippen molar-refractivity contribution in [3.63, 3.8) is 0 Å². The first kappa shape index (κ1) is 24.1. The van der Waals surface area contributed by atoms with E-state index in [9.17, 15) is 18.0 Å². The normalized spacial score (nSPS) is 11.5. The van der Waals surface area contributed by atoms with Gasteiger partial charge in [0, 0.05) is 35.0 Å². The van der Waals surface area contributed by atoms with E-state index in [4.69, 9.17) is 0 Å². The summed E-state index contributed by atoms with van der Waals surface area (Å²) in [5.74, 6) is -0.0609. The largest absolute Gasteiger partial charge is 0.416 e. The van der Waals surface area contributed by atoms with Crippen LogP contribution in [0, 0.1) is 0 Å².